The summed E-state index contributed by atoms with van der Waals surface area (Å²) in [6.45, 7) is 13.9. The molecule has 3 aliphatic rings. The van der Waals surface area contributed by atoms with Crippen LogP contribution in [0.3, 0.4) is 0 Å². The van der Waals surface area contributed by atoms with Crippen molar-refractivity contribution in [2.45, 2.75) is 70.5 Å². The van der Waals surface area contributed by atoms with E-state index in [1.165, 1.54) is 32.2 Å². The van der Waals surface area contributed by atoms with E-state index in [0.717, 1.165) is 25.7 Å². The molecule has 20 heavy (non-hydrogen) atoms. The van der Waals surface area contributed by atoms with Crippen LogP contribution in [0, 0.1) is 11.8 Å². The molecule has 1 saturated carbocycles. The van der Waals surface area contributed by atoms with E-state index in [9.17, 15) is 0 Å². The van der Waals surface area contributed by atoms with Gasteiger partial charge in [0.25, 0.3) is 0 Å². The second-order valence-corrected chi connectivity index (χ2v) is 8.12. The number of hydrogen-bond donors (Lipinski definition) is 1. The first kappa shape index (κ1) is 14.8. The Morgan fingerprint density at radius 2 is 1.80 bits per heavy atom. The van der Waals surface area contributed by atoms with E-state index in [1.807, 2.05) is 0 Å². The van der Waals surface area contributed by atoms with E-state index in [0.29, 0.717) is 23.0 Å². The maximum Gasteiger partial charge on any atom is 0.0483 e. The van der Waals surface area contributed by atoms with Gasteiger partial charge >= 0.3 is 0 Å². The van der Waals surface area contributed by atoms with E-state index < -0.39 is 0 Å². The highest BCUT2D eigenvalue weighted by Gasteiger charge is 2.50. The summed E-state index contributed by atoms with van der Waals surface area (Å²) in [4.78, 5) is 2.86. The molecule has 3 nitrogen and oxygen atoms in total. The highest BCUT2D eigenvalue weighted by Crippen LogP contribution is 2.44. The Bertz CT molecular complexity index is 347. The minimum Gasteiger partial charge on any atom is -0.381 e. The zero-order chi connectivity index (χ0) is 14.4. The third-order valence-electron chi connectivity index (χ3n) is 6.13. The first-order valence-electron chi connectivity index (χ1n) is 8.54. The van der Waals surface area contributed by atoms with Crippen LogP contribution in [0.5, 0.6) is 0 Å². The van der Waals surface area contributed by atoms with Crippen LogP contribution in [0.1, 0.15) is 53.4 Å². The van der Waals surface area contributed by atoms with Gasteiger partial charge in [-0.25, -0.2) is 0 Å². The van der Waals surface area contributed by atoms with Crippen molar-refractivity contribution in [3.8, 4) is 0 Å². The van der Waals surface area contributed by atoms with Crippen LogP contribution >= 0.6 is 0 Å². The molecule has 1 N–H and O–H groups in total. The Hall–Kier alpha value is -0.120. The first-order chi connectivity index (χ1) is 9.45. The fraction of sp³-hybridized carbons (Fsp3) is 1.00. The van der Waals surface area contributed by atoms with Crippen LogP contribution in [0.15, 0.2) is 0 Å². The van der Waals surface area contributed by atoms with Crippen molar-refractivity contribution in [1.29, 1.82) is 0 Å². The molecule has 0 aromatic carbocycles. The van der Waals surface area contributed by atoms with Crippen molar-refractivity contribution in [3.63, 3.8) is 0 Å². The molecule has 2 unspecified atom stereocenters. The van der Waals surface area contributed by atoms with Gasteiger partial charge < -0.3 is 10.1 Å². The van der Waals surface area contributed by atoms with Crippen molar-refractivity contribution in [1.82, 2.24) is 10.2 Å². The summed E-state index contributed by atoms with van der Waals surface area (Å²) < 4.78 is 5.62. The van der Waals surface area contributed by atoms with Crippen LogP contribution in [0.4, 0.5) is 0 Å². The van der Waals surface area contributed by atoms with Crippen molar-refractivity contribution in [2.24, 2.45) is 11.8 Å². The highest BCUT2D eigenvalue weighted by atomic mass is 16.5. The summed E-state index contributed by atoms with van der Waals surface area (Å²) >= 11 is 0. The van der Waals surface area contributed by atoms with Gasteiger partial charge in [-0.2, -0.15) is 0 Å². The number of rotatable bonds is 3. The Morgan fingerprint density at radius 1 is 1.15 bits per heavy atom. The minimum atomic E-state index is 0.339. The van der Waals surface area contributed by atoms with E-state index in [2.05, 4.69) is 37.9 Å². The van der Waals surface area contributed by atoms with Crippen LogP contribution in [-0.4, -0.2) is 48.3 Å². The smallest absolute Gasteiger partial charge is 0.0483 e. The summed E-state index contributed by atoms with van der Waals surface area (Å²) in [6, 6.07) is 0.671. The lowest BCUT2D eigenvalue weighted by Gasteiger charge is -2.56. The van der Waals surface area contributed by atoms with Gasteiger partial charge in [0.2, 0.25) is 0 Å². The average Bonchev–Trinajstić information content (AvgIpc) is 3.24. The third-order valence-corrected chi connectivity index (χ3v) is 6.13. The van der Waals surface area contributed by atoms with E-state index >= 15 is 0 Å². The van der Waals surface area contributed by atoms with Gasteiger partial charge in [-0.1, -0.05) is 13.8 Å². The third kappa shape index (κ3) is 2.65. The molecule has 0 spiro atoms. The molecule has 1 aliphatic carbocycles. The number of nitrogens with zero attached hydrogens (tertiary/aromatic N) is 1. The van der Waals surface area contributed by atoms with Crippen LogP contribution in [0.25, 0.3) is 0 Å². The Labute approximate surface area is 124 Å². The molecule has 3 rings (SSSR count). The van der Waals surface area contributed by atoms with Gasteiger partial charge in [-0.05, 0) is 51.4 Å². The summed E-state index contributed by atoms with van der Waals surface area (Å²) in [5.41, 5.74) is 0.679. The highest BCUT2D eigenvalue weighted by molar-refractivity contribution is 5.08. The predicted molar refractivity (Wildman–Crippen MR) is 82.9 cm³/mol. The van der Waals surface area contributed by atoms with Crippen molar-refractivity contribution in [3.05, 3.63) is 0 Å². The van der Waals surface area contributed by atoms with E-state index in [1.54, 1.807) is 0 Å². The molecule has 2 heterocycles. The standard InChI is InChI=1S/C17H32N2O/c1-13(2)15-11-18-17(4,14-5-6-14)12-19(15)16(3)7-9-20-10-8-16/h13-15,18H,5-12H2,1-4H3. The molecular formula is C17H32N2O. The molecule has 2 saturated heterocycles. The quantitative estimate of drug-likeness (QED) is 0.860. The Balaban J connectivity index is 1.81. The van der Waals surface area contributed by atoms with Crippen molar-refractivity contribution >= 4 is 0 Å². The second kappa shape index (κ2) is 5.26. The molecule has 0 aromatic rings. The lowest BCUT2D eigenvalue weighted by atomic mass is 9.81. The zero-order valence-electron chi connectivity index (χ0n) is 13.7. The predicted octanol–water partition coefficient (Wildman–Crippen LogP) is 2.65. The number of hydrogen-bond acceptors (Lipinski definition) is 3. The van der Waals surface area contributed by atoms with Crippen molar-refractivity contribution in [2.75, 3.05) is 26.3 Å². The van der Waals surface area contributed by atoms with Crippen LogP contribution in [-0.2, 0) is 4.74 Å². The Kier molecular flexibility index (Phi) is 3.89. The Morgan fingerprint density at radius 3 is 2.35 bits per heavy atom. The first-order valence-corrected chi connectivity index (χ1v) is 8.54. The maximum atomic E-state index is 5.62. The summed E-state index contributed by atoms with van der Waals surface area (Å²) in [5, 5.41) is 3.90. The SMILES string of the molecule is CC(C)C1CNC(C)(C2CC2)CN1C1(C)CCOCC1. The van der Waals surface area contributed by atoms with Crippen LogP contribution < -0.4 is 5.32 Å². The normalized spacial score (nSPS) is 39.1. The molecule has 0 radical (unpaired) electrons. The summed E-state index contributed by atoms with van der Waals surface area (Å²) in [5.74, 6) is 1.62. The molecule has 0 bridgehead atoms. The molecule has 2 atom stereocenters. The average molecular weight is 280 g/mol. The van der Waals surface area contributed by atoms with Crippen LogP contribution in [0.2, 0.25) is 0 Å². The monoisotopic (exact) mass is 280 g/mol. The topological polar surface area (TPSA) is 24.5 Å². The summed E-state index contributed by atoms with van der Waals surface area (Å²) in [6.07, 6.45) is 5.22. The molecule has 2 aliphatic heterocycles. The zero-order valence-corrected chi connectivity index (χ0v) is 13.7. The molecule has 3 heteroatoms. The molecule has 3 fully saturated rings. The lowest BCUT2D eigenvalue weighted by molar-refractivity contribution is -0.0777. The molecule has 0 aromatic heterocycles. The van der Waals surface area contributed by atoms with Gasteiger partial charge in [0.15, 0.2) is 0 Å². The number of nitrogens with one attached hydrogen (secondary N) is 1. The maximum absolute atomic E-state index is 5.62. The van der Waals surface area contributed by atoms with Gasteiger partial charge in [0.1, 0.15) is 0 Å². The fourth-order valence-corrected chi connectivity index (χ4v) is 4.25. The lowest BCUT2D eigenvalue weighted by Crippen LogP contribution is -2.70. The molecular weight excluding hydrogens is 248 g/mol. The molecule has 0 amide bonds. The van der Waals surface area contributed by atoms with Crippen molar-refractivity contribution < 1.29 is 4.74 Å². The van der Waals surface area contributed by atoms with Gasteiger partial charge in [0.05, 0.1) is 0 Å². The summed E-state index contributed by atoms with van der Waals surface area (Å²) in [7, 11) is 0. The number of piperazine rings is 1. The fourth-order valence-electron chi connectivity index (χ4n) is 4.25. The molecule has 116 valence electrons. The number of ether oxygens (including phenoxy) is 1. The largest absolute Gasteiger partial charge is 0.381 e. The van der Waals surface area contributed by atoms with Gasteiger partial charge in [-0.15, -0.1) is 0 Å². The second-order valence-electron chi connectivity index (χ2n) is 8.12. The van der Waals surface area contributed by atoms with Gasteiger partial charge in [-0.3, -0.25) is 4.90 Å². The van der Waals surface area contributed by atoms with E-state index in [-0.39, 0.29) is 0 Å². The van der Waals surface area contributed by atoms with E-state index in [4.69, 9.17) is 4.74 Å². The van der Waals surface area contributed by atoms with Gasteiger partial charge in [0, 0.05) is 43.4 Å². The minimum absolute atomic E-state index is 0.339.